The Bertz CT molecular complexity index is 459. The van der Waals surface area contributed by atoms with Crippen molar-refractivity contribution in [3.63, 3.8) is 0 Å². The van der Waals surface area contributed by atoms with E-state index in [-0.39, 0.29) is 6.42 Å². The molecule has 0 radical (unpaired) electrons. The van der Waals surface area contributed by atoms with Crippen LogP contribution in [0.5, 0.6) is 0 Å². The zero-order chi connectivity index (χ0) is 12.1. The van der Waals surface area contributed by atoms with E-state index >= 15 is 0 Å². The number of thiophene rings is 1. The lowest BCUT2D eigenvalue weighted by Gasteiger charge is -2.02. The minimum Gasteiger partial charge on any atom is -0.465 e. The van der Waals surface area contributed by atoms with Crippen LogP contribution < -0.4 is 5.32 Å². The Labute approximate surface area is 96.6 Å². The van der Waals surface area contributed by atoms with Gasteiger partial charge in [0, 0.05) is 4.88 Å². The number of anilines is 1. The minimum atomic E-state index is -0.503. The number of aryl methyl sites for hydroxylation is 1. The van der Waals surface area contributed by atoms with Crippen molar-refractivity contribution in [1.29, 1.82) is 5.26 Å². The molecule has 0 saturated heterocycles. The molecule has 84 valence electrons. The molecule has 1 amide bonds. The molecule has 0 saturated carbocycles. The summed E-state index contributed by atoms with van der Waals surface area (Å²) in [5.74, 6) is -0.939. The molecular weight excluding hydrogens is 228 g/mol. The summed E-state index contributed by atoms with van der Waals surface area (Å²) in [6, 6.07) is 3.37. The molecule has 16 heavy (non-hydrogen) atoms. The van der Waals surface area contributed by atoms with Crippen molar-refractivity contribution >= 4 is 28.2 Å². The van der Waals surface area contributed by atoms with Crippen LogP contribution in [0.1, 0.15) is 21.7 Å². The quantitative estimate of drug-likeness (QED) is 0.813. The van der Waals surface area contributed by atoms with E-state index in [1.54, 1.807) is 12.1 Å². The molecule has 0 spiro atoms. The number of nitriles is 1. The molecule has 0 aromatic carbocycles. The monoisotopic (exact) mass is 238 g/mol. The highest BCUT2D eigenvalue weighted by Gasteiger charge is 2.16. The van der Waals surface area contributed by atoms with Crippen LogP contribution >= 0.6 is 11.3 Å². The van der Waals surface area contributed by atoms with Crippen LogP contribution in [-0.2, 0) is 9.53 Å². The number of nitrogens with zero attached hydrogens (tertiary/aromatic N) is 1. The van der Waals surface area contributed by atoms with Crippen molar-refractivity contribution in [2.75, 3.05) is 12.4 Å². The zero-order valence-electron chi connectivity index (χ0n) is 8.86. The predicted octanol–water partition coefficient (Wildman–Crippen LogP) is 1.70. The van der Waals surface area contributed by atoms with Crippen LogP contribution in [0.2, 0.25) is 0 Å². The predicted molar refractivity (Wildman–Crippen MR) is 59.3 cm³/mol. The molecule has 1 heterocycles. The Morgan fingerprint density at radius 1 is 1.62 bits per heavy atom. The highest BCUT2D eigenvalue weighted by atomic mass is 32.1. The first-order chi connectivity index (χ1) is 7.58. The second-order valence-electron chi connectivity index (χ2n) is 2.97. The maximum atomic E-state index is 11.4. The van der Waals surface area contributed by atoms with Gasteiger partial charge in [0.2, 0.25) is 5.91 Å². The molecule has 5 nitrogen and oxygen atoms in total. The number of ether oxygens (including phenoxy) is 1. The lowest BCUT2D eigenvalue weighted by Crippen LogP contribution is -2.12. The summed E-state index contributed by atoms with van der Waals surface area (Å²) in [6.45, 7) is 1.82. The summed E-state index contributed by atoms with van der Waals surface area (Å²) in [5.41, 5.74) is 0.316. The molecule has 1 aromatic heterocycles. The lowest BCUT2D eigenvalue weighted by atomic mass is 10.3. The summed E-state index contributed by atoms with van der Waals surface area (Å²) in [7, 11) is 1.27. The van der Waals surface area contributed by atoms with Crippen LogP contribution in [0.15, 0.2) is 6.07 Å². The first-order valence-electron chi connectivity index (χ1n) is 4.44. The van der Waals surface area contributed by atoms with Gasteiger partial charge in [-0.2, -0.15) is 5.26 Å². The SMILES string of the molecule is COC(=O)c1cc(C)sc1NC(=O)CC#N. The highest BCUT2D eigenvalue weighted by molar-refractivity contribution is 7.16. The van der Waals surface area contributed by atoms with Crippen LogP contribution in [0.3, 0.4) is 0 Å². The maximum Gasteiger partial charge on any atom is 0.340 e. The molecule has 0 aliphatic carbocycles. The topological polar surface area (TPSA) is 79.2 Å². The smallest absolute Gasteiger partial charge is 0.340 e. The van der Waals surface area contributed by atoms with E-state index in [1.165, 1.54) is 18.4 Å². The first kappa shape index (κ1) is 12.2. The van der Waals surface area contributed by atoms with Crippen LogP contribution in [-0.4, -0.2) is 19.0 Å². The van der Waals surface area contributed by atoms with Gasteiger partial charge in [0.1, 0.15) is 11.4 Å². The normalized spacial score (nSPS) is 9.31. The molecule has 0 aliphatic heterocycles. The van der Waals surface area contributed by atoms with E-state index in [1.807, 2.05) is 6.92 Å². The lowest BCUT2D eigenvalue weighted by molar-refractivity contribution is -0.115. The Hall–Kier alpha value is -1.87. The van der Waals surface area contributed by atoms with Gasteiger partial charge in [0.25, 0.3) is 0 Å². The van der Waals surface area contributed by atoms with Gasteiger partial charge in [-0.3, -0.25) is 4.79 Å². The van der Waals surface area contributed by atoms with E-state index in [9.17, 15) is 9.59 Å². The Kier molecular flexibility index (Phi) is 4.03. The fourth-order valence-corrected chi connectivity index (χ4v) is 2.03. The number of esters is 1. The third kappa shape index (κ3) is 2.81. The van der Waals surface area contributed by atoms with Gasteiger partial charge >= 0.3 is 5.97 Å². The van der Waals surface area contributed by atoms with Crippen LogP contribution in [0.4, 0.5) is 5.00 Å². The molecule has 1 aromatic rings. The van der Waals surface area contributed by atoms with Crippen LogP contribution in [0.25, 0.3) is 0 Å². The van der Waals surface area contributed by atoms with Gasteiger partial charge in [0.15, 0.2) is 0 Å². The number of hydrogen-bond acceptors (Lipinski definition) is 5. The summed E-state index contributed by atoms with van der Waals surface area (Å²) in [4.78, 5) is 23.4. The Balaban J connectivity index is 2.91. The molecular formula is C10H10N2O3S. The summed E-state index contributed by atoms with van der Waals surface area (Å²) in [5, 5.41) is 11.3. The Morgan fingerprint density at radius 3 is 2.88 bits per heavy atom. The van der Waals surface area contributed by atoms with E-state index in [0.29, 0.717) is 10.6 Å². The number of nitrogens with one attached hydrogen (secondary N) is 1. The second kappa shape index (κ2) is 5.28. The largest absolute Gasteiger partial charge is 0.465 e. The number of rotatable bonds is 3. The molecule has 0 fully saturated rings. The number of amides is 1. The maximum absolute atomic E-state index is 11.4. The Morgan fingerprint density at radius 2 is 2.31 bits per heavy atom. The van der Waals surface area contributed by atoms with Crippen molar-refractivity contribution in [2.24, 2.45) is 0 Å². The molecule has 1 rings (SSSR count). The number of carbonyl (C=O) groups is 2. The summed E-state index contributed by atoms with van der Waals surface area (Å²) >= 11 is 1.27. The molecule has 0 unspecified atom stereocenters. The molecule has 1 N–H and O–H groups in total. The minimum absolute atomic E-state index is 0.239. The third-order valence-corrected chi connectivity index (χ3v) is 2.72. The fraction of sp³-hybridized carbons (Fsp3) is 0.300. The van der Waals surface area contributed by atoms with Gasteiger partial charge in [-0.15, -0.1) is 11.3 Å². The number of hydrogen-bond donors (Lipinski definition) is 1. The first-order valence-corrected chi connectivity index (χ1v) is 5.25. The van der Waals surface area contributed by atoms with Gasteiger partial charge < -0.3 is 10.1 Å². The summed E-state index contributed by atoms with van der Waals surface area (Å²) < 4.78 is 4.58. The van der Waals surface area contributed by atoms with Crippen LogP contribution in [0, 0.1) is 18.3 Å². The van der Waals surface area contributed by atoms with Gasteiger partial charge in [-0.05, 0) is 13.0 Å². The van der Waals surface area contributed by atoms with Crippen molar-refractivity contribution in [3.05, 3.63) is 16.5 Å². The average molecular weight is 238 g/mol. The fourth-order valence-electron chi connectivity index (χ4n) is 1.11. The van der Waals surface area contributed by atoms with Gasteiger partial charge in [-0.25, -0.2) is 4.79 Å². The van der Waals surface area contributed by atoms with Crippen molar-refractivity contribution in [1.82, 2.24) is 0 Å². The number of methoxy groups -OCH3 is 1. The van der Waals surface area contributed by atoms with Gasteiger partial charge in [0.05, 0.1) is 18.7 Å². The van der Waals surface area contributed by atoms with E-state index < -0.39 is 11.9 Å². The molecule has 0 bridgehead atoms. The molecule has 6 heteroatoms. The van der Waals surface area contributed by atoms with E-state index in [4.69, 9.17) is 5.26 Å². The summed E-state index contributed by atoms with van der Waals surface area (Å²) in [6.07, 6.45) is -0.239. The van der Waals surface area contributed by atoms with E-state index in [2.05, 4.69) is 10.1 Å². The second-order valence-corrected chi connectivity index (χ2v) is 4.23. The zero-order valence-corrected chi connectivity index (χ0v) is 9.68. The molecule has 0 aliphatic rings. The highest BCUT2D eigenvalue weighted by Crippen LogP contribution is 2.28. The van der Waals surface area contributed by atoms with Crippen molar-refractivity contribution in [3.8, 4) is 6.07 Å². The molecule has 0 atom stereocenters. The van der Waals surface area contributed by atoms with E-state index in [0.717, 1.165) is 4.88 Å². The van der Waals surface area contributed by atoms with Crippen molar-refractivity contribution < 1.29 is 14.3 Å². The van der Waals surface area contributed by atoms with Gasteiger partial charge in [-0.1, -0.05) is 0 Å². The van der Waals surface area contributed by atoms with Crippen molar-refractivity contribution in [2.45, 2.75) is 13.3 Å². The average Bonchev–Trinajstić information content (AvgIpc) is 2.58. The standard InChI is InChI=1S/C10H10N2O3S/c1-6-5-7(10(14)15-2)9(16-6)12-8(13)3-4-11/h5H,3H2,1-2H3,(H,12,13). The number of carbonyl (C=O) groups excluding carboxylic acids is 2. The third-order valence-electron chi connectivity index (χ3n) is 1.75.